The Morgan fingerprint density at radius 3 is 2.10 bits per heavy atom. The van der Waals surface area contributed by atoms with Gasteiger partial charge in [-0.15, -0.1) is 0 Å². The zero-order chi connectivity index (χ0) is 15.2. The predicted molar refractivity (Wildman–Crippen MR) is 82.4 cm³/mol. The Morgan fingerprint density at radius 2 is 1.60 bits per heavy atom. The van der Waals surface area contributed by atoms with Crippen LogP contribution in [0.2, 0.25) is 0 Å². The summed E-state index contributed by atoms with van der Waals surface area (Å²) in [5.74, 6) is 1.46. The molecule has 0 radical (unpaired) electrons. The topological polar surface area (TPSA) is 54.4 Å². The average molecular weight is 298 g/mol. The van der Waals surface area contributed by atoms with E-state index in [9.17, 15) is 8.42 Å². The van der Waals surface area contributed by atoms with Gasteiger partial charge in [-0.05, 0) is 42.4 Å². The van der Waals surface area contributed by atoms with Gasteiger partial charge in [0.2, 0.25) is 0 Å². The van der Waals surface area contributed by atoms with Gasteiger partial charge in [-0.2, -0.15) is 8.42 Å². The molecule has 0 amide bonds. The van der Waals surface area contributed by atoms with Crippen LogP contribution in [0.1, 0.15) is 52.0 Å². The van der Waals surface area contributed by atoms with E-state index < -0.39 is 10.1 Å². The third kappa shape index (κ3) is 6.53. The van der Waals surface area contributed by atoms with Gasteiger partial charge in [-0.1, -0.05) is 52.2 Å². The maximum Gasteiger partial charge on any atom is 0.294 e. The van der Waals surface area contributed by atoms with Crippen LogP contribution in [0.25, 0.3) is 0 Å². The first-order valence-corrected chi connectivity index (χ1v) is 8.79. The summed E-state index contributed by atoms with van der Waals surface area (Å²) >= 11 is 0. The summed E-state index contributed by atoms with van der Waals surface area (Å²) in [6.07, 6.45) is 5.88. The van der Waals surface area contributed by atoms with Crippen LogP contribution in [0, 0.1) is 11.8 Å². The highest BCUT2D eigenvalue weighted by Crippen LogP contribution is 2.18. The summed E-state index contributed by atoms with van der Waals surface area (Å²) in [6, 6.07) is 6.50. The van der Waals surface area contributed by atoms with Crippen molar-refractivity contribution in [2.24, 2.45) is 11.8 Å². The molecule has 1 atom stereocenters. The molecule has 0 saturated carbocycles. The second-order valence-corrected chi connectivity index (χ2v) is 7.51. The monoisotopic (exact) mass is 298 g/mol. The average Bonchev–Trinajstić information content (AvgIpc) is 2.35. The third-order valence-electron chi connectivity index (χ3n) is 3.63. The summed E-state index contributed by atoms with van der Waals surface area (Å²) in [7, 11) is -4.07. The van der Waals surface area contributed by atoms with Crippen molar-refractivity contribution in [3.63, 3.8) is 0 Å². The highest BCUT2D eigenvalue weighted by atomic mass is 32.2. The molecule has 0 aromatic heterocycles. The summed E-state index contributed by atoms with van der Waals surface area (Å²) in [4.78, 5) is -0.0359. The molecular weight excluding hydrogens is 272 g/mol. The molecule has 4 heteroatoms. The number of aryl methyl sites for hydroxylation is 1. The van der Waals surface area contributed by atoms with Gasteiger partial charge in [0.25, 0.3) is 10.1 Å². The fourth-order valence-corrected chi connectivity index (χ4v) is 2.74. The van der Waals surface area contributed by atoms with Crippen LogP contribution in [0.4, 0.5) is 0 Å². The lowest BCUT2D eigenvalue weighted by molar-refractivity contribution is 0.437. The fourth-order valence-electron chi connectivity index (χ4n) is 2.26. The maximum absolute atomic E-state index is 10.9. The number of benzene rings is 1. The lowest BCUT2D eigenvalue weighted by Gasteiger charge is -2.12. The lowest BCUT2D eigenvalue weighted by atomic mass is 9.94. The van der Waals surface area contributed by atoms with Crippen LogP contribution < -0.4 is 0 Å². The van der Waals surface area contributed by atoms with E-state index in [1.165, 1.54) is 31.4 Å². The first-order valence-electron chi connectivity index (χ1n) is 7.35. The second kappa shape index (κ2) is 7.79. The van der Waals surface area contributed by atoms with Gasteiger partial charge in [-0.25, -0.2) is 0 Å². The van der Waals surface area contributed by atoms with Crippen molar-refractivity contribution < 1.29 is 13.0 Å². The van der Waals surface area contributed by atoms with Crippen LogP contribution in [0.5, 0.6) is 0 Å². The van der Waals surface area contributed by atoms with Crippen molar-refractivity contribution in [3.05, 3.63) is 29.8 Å². The van der Waals surface area contributed by atoms with Crippen LogP contribution in [0.15, 0.2) is 29.2 Å². The Kier molecular flexibility index (Phi) is 6.69. The van der Waals surface area contributed by atoms with Crippen molar-refractivity contribution >= 4 is 10.1 Å². The molecule has 1 rings (SSSR count). The van der Waals surface area contributed by atoms with E-state index in [4.69, 9.17) is 4.55 Å². The Morgan fingerprint density at radius 1 is 1.00 bits per heavy atom. The van der Waals surface area contributed by atoms with E-state index in [2.05, 4.69) is 20.8 Å². The zero-order valence-corrected chi connectivity index (χ0v) is 13.5. The van der Waals surface area contributed by atoms with Gasteiger partial charge in [0, 0.05) is 0 Å². The zero-order valence-electron chi connectivity index (χ0n) is 12.7. The predicted octanol–water partition coefficient (Wildman–Crippen LogP) is 4.33. The third-order valence-corrected chi connectivity index (χ3v) is 4.49. The molecule has 0 aliphatic heterocycles. The highest BCUT2D eigenvalue weighted by molar-refractivity contribution is 7.85. The van der Waals surface area contributed by atoms with Crippen LogP contribution in [-0.2, 0) is 16.5 Å². The summed E-state index contributed by atoms with van der Waals surface area (Å²) in [6.45, 7) is 6.77. The Bertz CT molecular complexity index is 489. The standard InChI is InChI=1S/C16H26O3S/c1-13(2)5-4-6-14(3)7-8-15-9-11-16(12-10-15)20(17,18)19/h9-14H,4-8H2,1-3H3,(H,17,18,19). The molecule has 20 heavy (non-hydrogen) atoms. The van der Waals surface area contributed by atoms with Gasteiger partial charge >= 0.3 is 0 Å². The van der Waals surface area contributed by atoms with E-state index in [1.54, 1.807) is 12.1 Å². The van der Waals surface area contributed by atoms with Gasteiger partial charge < -0.3 is 0 Å². The largest absolute Gasteiger partial charge is 0.294 e. The summed E-state index contributed by atoms with van der Waals surface area (Å²) < 4.78 is 30.8. The summed E-state index contributed by atoms with van der Waals surface area (Å²) in [5, 5.41) is 0. The normalized spacial score (nSPS) is 13.7. The minimum Gasteiger partial charge on any atom is -0.282 e. The van der Waals surface area contributed by atoms with Crippen LogP contribution in [-0.4, -0.2) is 13.0 Å². The molecular formula is C16H26O3S. The molecule has 0 spiro atoms. The molecule has 0 heterocycles. The Hall–Kier alpha value is -0.870. The lowest BCUT2D eigenvalue weighted by Crippen LogP contribution is -2.00. The molecule has 0 aliphatic carbocycles. The van der Waals surface area contributed by atoms with Gasteiger partial charge in [0.05, 0.1) is 4.90 Å². The molecule has 0 bridgehead atoms. The van der Waals surface area contributed by atoms with Crippen molar-refractivity contribution in [1.82, 2.24) is 0 Å². The first-order chi connectivity index (χ1) is 9.29. The Labute approximate surface area is 123 Å². The molecule has 0 saturated heterocycles. The van der Waals surface area contributed by atoms with Gasteiger partial charge in [-0.3, -0.25) is 4.55 Å². The van der Waals surface area contributed by atoms with Crippen molar-refractivity contribution in [3.8, 4) is 0 Å². The molecule has 3 nitrogen and oxygen atoms in total. The van der Waals surface area contributed by atoms with Crippen molar-refractivity contribution in [2.45, 2.75) is 57.8 Å². The molecule has 1 aromatic carbocycles. The quantitative estimate of drug-likeness (QED) is 0.727. The van der Waals surface area contributed by atoms with Gasteiger partial charge in [0.1, 0.15) is 0 Å². The van der Waals surface area contributed by atoms with E-state index in [0.29, 0.717) is 5.92 Å². The highest BCUT2D eigenvalue weighted by Gasteiger charge is 2.09. The Balaban J connectivity index is 2.38. The molecule has 0 fully saturated rings. The first kappa shape index (κ1) is 17.2. The number of hydrogen-bond acceptors (Lipinski definition) is 2. The van der Waals surface area contributed by atoms with E-state index >= 15 is 0 Å². The van der Waals surface area contributed by atoms with Crippen molar-refractivity contribution in [2.75, 3.05) is 0 Å². The molecule has 1 aromatic rings. The van der Waals surface area contributed by atoms with E-state index in [0.717, 1.165) is 24.3 Å². The molecule has 114 valence electrons. The maximum atomic E-state index is 10.9. The second-order valence-electron chi connectivity index (χ2n) is 6.09. The minimum absolute atomic E-state index is 0.0359. The van der Waals surface area contributed by atoms with Crippen LogP contribution >= 0.6 is 0 Å². The molecule has 0 aliphatic rings. The van der Waals surface area contributed by atoms with Crippen molar-refractivity contribution in [1.29, 1.82) is 0 Å². The number of rotatable bonds is 8. The van der Waals surface area contributed by atoms with E-state index in [1.807, 2.05) is 0 Å². The SMILES string of the molecule is CC(C)CCCC(C)CCc1ccc(S(=O)(=O)O)cc1. The smallest absolute Gasteiger partial charge is 0.282 e. The van der Waals surface area contributed by atoms with Gasteiger partial charge in [0.15, 0.2) is 0 Å². The summed E-state index contributed by atoms with van der Waals surface area (Å²) in [5.41, 5.74) is 1.12. The molecule has 1 N–H and O–H groups in total. The molecule has 1 unspecified atom stereocenters. The van der Waals surface area contributed by atoms with E-state index in [-0.39, 0.29) is 4.90 Å². The minimum atomic E-state index is -4.07. The van der Waals surface area contributed by atoms with Crippen LogP contribution in [0.3, 0.4) is 0 Å². The fraction of sp³-hybridized carbons (Fsp3) is 0.625. The number of hydrogen-bond donors (Lipinski definition) is 1.